The Hall–Kier alpha value is -1.79. The highest BCUT2D eigenvalue weighted by atomic mass is 16.8. The number of carbonyl (C=O) groups excluding carboxylic acids is 3. The lowest BCUT2D eigenvalue weighted by atomic mass is 9.51. The Balaban J connectivity index is 1.75. The first-order chi connectivity index (χ1) is 14.3. The molecule has 4 saturated heterocycles. The Morgan fingerprint density at radius 2 is 1.58 bits per heavy atom. The third kappa shape index (κ3) is 1.43. The molecule has 4 heterocycles. The van der Waals surface area contributed by atoms with E-state index in [1.54, 1.807) is 20.8 Å². The van der Waals surface area contributed by atoms with Crippen LogP contribution < -0.4 is 0 Å². The number of rotatable bonds is 0. The minimum absolute atomic E-state index is 0.792. The molecule has 0 amide bonds. The van der Waals surface area contributed by atoms with Gasteiger partial charge in [-0.2, -0.15) is 0 Å². The van der Waals surface area contributed by atoms with Crippen molar-refractivity contribution in [3.63, 3.8) is 0 Å². The summed E-state index contributed by atoms with van der Waals surface area (Å²) in [4.78, 5) is 38.3. The summed E-state index contributed by atoms with van der Waals surface area (Å²) in [5.74, 6) is -5.22. The zero-order valence-electron chi connectivity index (χ0n) is 17.3. The lowest BCUT2D eigenvalue weighted by molar-refractivity contribution is -0.240. The maximum absolute atomic E-state index is 13.4. The monoisotopic (exact) mass is 440 g/mol. The highest BCUT2D eigenvalue weighted by Gasteiger charge is 3.05. The van der Waals surface area contributed by atoms with E-state index in [1.807, 2.05) is 0 Å². The molecule has 31 heavy (non-hydrogen) atoms. The van der Waals surface area contributed by atoms with Crippen LogP contribution in [0.1, 0.15) is 27.7 Å². The zero-order valence-corrected chi connectivity index (χ0v) is 17.3. The second kappa shape index (κ2) is 4.91. The summed E-state index contributed by atoms with van der Waals surface area (Å²) in [6, 6.07) is 0. The van der Waals surface area contributed by atoms with Gasteiger partial charge < -0.3 is 39.4 Å². The summed E-state index contributed by atoms with van der Waals surface area (Å²) in [7, 11) is 0. The van der Waals surface area contributed by atoms with Gasteiger partial charge >= 0.3 is 17.9 Å². The van der Waals surface area contributed by atoms with Crippen molar-refractivity contribution in [1.82, 2.24) is 0 Å². The van der Waals surface area contributed by atoms with Gasteiger partial charge in [0, 0.05) is 5.92 Å². The normalized spacial score (nSPS) is 61.0. The van der Waals surface area contributed by atoms with E-state index in [1.165, 1.54) is 6.92 Å². The maximum atomic E-state index is 13.4. The number of fused-ring (bicyclic) bond motifs is 1. The number of esters is 3. The molecule has 6 fully saturated rings. The SMILES string of the molecule is C[C@@H]1C(=O)O[C@H]2C(O)C34[C@@H]5OC(=O)[C@]3(OC3OC(=O)[C@H](O)C34C(C(C)(C)C)[C@@H]5O)[C@@]12O. The van der Waals surface area contributed by atoms with Gasteiger partial charge in [-0.3, -0.25) is 4.79 Å². The maximum Gasteiger partial charge on any atom is 0.343 e. The second-order valence-electron chi connectivity index (χ2n) is 10.8. The number of aliphatic hydroxyl groups is 4. The molecular formula is C20H24O11. The molecule has 0 aromatic heterocycles. The van der Waals surface area contributed by atoms with E-state index >= 15 is 0 Å². The fourth-order valence-electron chi connectivity index (χ4n) is 8.27. The van der Waals surface area contributed by atoms with Crippen molar-refractivity contribution >= 4 is 17.9 Å². The van der Waals surface area contributed by atoms with E-state index in [0.717, 1.165) is 0 Å². The lowest BCUT2D eigenvalue weighted by Gasteiger charge is -2.47. The van der Waals surface area contributed by atoms with Crippen molar-refractivity contribution in [1.29, 1.82) is 0 Å². The van der Waals surface area contributed by atoms with Crippen molar-refractivity contribution in [2.45, 2.75) is 75.7 Å². The quantitative estimate of drug-likeness (QED) is 0.234. The molecule has 2 saturated carbocycles. The van der Waals surface area contributed by atoms with Crippen LogP contribution >= 0.6 is 0 Å². The Kier molecular flexibility index (Phi) is 3.15. The summed E-state index contributed by atoms with van der Waals surface area (Å²) in [5, 5.41) is 46.1. The first-order valence-electron chi connectivity index (χ1n) is 10.3. The standard InChI is InChI=1S/C20H24O11/c1-5-12(24)28-11-8(22)18-10-6(21)7(16(2,3)4)17(18)9(23)13(25)30-15(17)31-20(18,14(26)29-10)19(5,11)27/h5-11,15,21-23,27H,1-4H3/t5-,6+,7?,8?,9+,10-,11+,15?,17?,18?,19-,20-/m1/s1. The van der Waals surface area contributed by atoms with Gasteiger partial charge in [0.05, 0.1) is 22.9 Å². The molecule has 0 radical (unpaired) electrons. The van der Waals surface area contributed by atoms with Gasteiger partial charge in [-0.15, -0.1) is 0 Å². The highest BCUT2D eigenvalue weighted by molar-refractivity contribution is 5.94. The molecule has 12 atom stereocenters. The van der Waals surface area contributed by atoms with Gasteiger partial charge in [-0.1, -0.05) is 20.8 Å². The van der Waals surface area contributed by atoms with Gasteiger partial charge in [0.15, 0.2) is 17.8 Å². The lowest BCUT2D eigenvalue weighted by Crippen LogP contribution is -2.67. The molecule has 11 nitrogen and oxygen atoms in total. The van der Waals surface area contributed by atoms with Crippen LogP contribution in [0.5, 0.6) is 0 Å². The summed E-state index contributed by atoms with van der Waals surface area (Å²) in [6.07, 6.45) is -9.69. The largest absolute Gasteiger partial charge is 0.456 e. The molecule has 6 rings (SSSR count). The van der Waals surface area contributed by atoms with Crippen LogP contribution in [-0.2, 0) is 33.3 Å². The average molecular weight is 440 g/mol. The summed E-state index contributed by atoms with van der Waals surface area (Å²) in [6.45, 7) is 6.63. The number of aliphatic hydroxyl groups excluding tert-OH is 3. The van der Waals surface area contributed by atoms with E-state index in [2.05, 4.69) is 0 Å². The number of carbonyl (C=O) groups is 3. The molecule has 0 aromatic carbocycles. The van der Waals surface area contributed by atoms with Crippen LogP contribution in [0, 0.1) is 28.1 Å². The molecule has 5 unspecified atom stereocenters. The number of hydrogen-bond donors (Lipinski definition) is 4. The Morgan fingerprint density at radius 3 is 2.19 bits per heavy atom. The topological polar surface area (TPSA) is 169 Å². The Labute approximate surface area is 176 Å². The van der Waals surface area contributed by atoms with E-state index < -0.39 is 94.0 Å². The van der Waals surface area contributed by atoms with Crippen molar-refractivity contribution < 1.29 is 53.8 Å². The number of hydrogen-bond acceptors (Lipinski definition) is 11. The first-order valence-corrected chi connectivity index (χ1v) is 10.3. The van der Waals surface area contributed by atoms with Crippen LogP contribution in [-0.4, -0.2) is 86.3 Å². The zero-order chi connectivity index (χ0) is 22.7. The van der Waals surface area contributed by atoms with Gasteiger partial charge in [0.25, 0.3) is 0 Å². The third-order valence-electron chi connectivity index (χ3n) is 8.95. The smallest absolute Gasteiger partial charge is 0.343 e. The van der Waals surface area contributed by atoms with Crippen molar-refractivity contribution in [2.24, 2.45) is 28.1 Å². The van der Waals surface area contributed by atoms with E-state index in [0.29, 0.717) is 0 Å². The molecule has 4 N–H and O–H groups in total. The van der Waals surface area contributed by atoms with Gasteiger partial charge in [-0.05, 0) is 12.3 Å². The summed E-state index contributed by atoms with van der Waals surface area (Å²) >= 11 is 0. The van der Waals surface area contributed by atoms with Crippen LogP contribution in [0.15, 0.2) is 0 Å². The first kappa shape index (κ1) is 19.9. The van der Waals surface area contributed by atoms with Crippen LogP contribution in [0.3, 0.4) is 0 Å². The Morgan fingerprint density at radius 1 is 0.935 bits per heavy atom. The molecule has 11 heteroatoms. The number of ether oxygens (including phenoxy) is 4. The van der Waals surface area contributed by atoms with E-state index in [-0.39, 0.29) is 0 Å². The van der Waals surface area contributed by atoms with E-state index in [9.17, 15) is 34.8 Å². The minimum atomic E-state index is -2.40. The van der Waals surface area contributed by atoms with Crippen LogP contribution in [0.4, 0.5) is 0 Å². The van der Waals surface area contributed by atoms with Crippen molar-refractivity contribution in [2.75, 3.05) is 0 Å². The molecule has 2 spiro atoms. The van der Waals surface area contributed by atoms with Gasteiger partial charge in [-0.25, -0.2) is 9.59 Å². The van der Waals surface area contributed by atoms with Gasteiger partial charge in [0.1, 0.15) is 12.2 Å². The molecule has 0 bridgehead atoms. The Bertz CT molecular complexity index is 957. The molecule has 0 aromatic rings. The molecular weight excluding hydrogens is 416 g/mol. The molecule has 170 valence electrons. The fourth-order valence-corrected chi connectivity index (χ4v) is 8.27. The predicted molar refractivity (Wildman–Crippen MR) is 93.4 cm³/mol. The second-order valence-corrected chi connectivity index (χ2v) is 10.8. The van der Waals surface area contributed by atoms with E-state index in [4.69, 9.17) is 18.9 Å². The fraction of sp³-hybridized carbons (Fsp3) is 0.850. The highest BCUT2D eigenvalue weighted by Crippen LogP contribution is 2.84. The summed E-state index contributed by atoms with van der Waals surface area (Å²) in [5.41, 5.74) is -9.40. The van der Waals surface area contributed by atoms with Crippen LogP contribution in [0.2, 0.25) is 0 Å². The van der Waals surface area contributed by atoms with Crippen molar-refractivity contribution in [3.8, 4) is 0 Å². The summed E-state index contributed by atoms with van der Waals surface area (Å²) < 4.78 is 22.2. The van der Waals surface area contributed by atoms with Crippen molar-refractivity contribution in [3.05, 3.63) is 0 Å². The van der Waals surface area contributed by atoms with Gasteiger partial charge in [0.2, 0.25) is 11.9 Å². The minimum Gasteiger partial charge on any atom is -0.456 e. The average Bonchev–Trinajstić information content (AvgIpc) is 3.35. The predicted octanol–water partition coefficient (Wildman–Crippen LogP) is -2.40. The molecule has 6 aliphatic rings. The van der Waals surface area contributed by atoms with Crippen LogP contribution in [0.25, 0.3) is 0 Å². The third-order valence-corrected chi connectivity index (χ3v) is 8.95. The molecule has 2 aliphatic carbocycles. The molecule has 4 aliphatic heterocycles.